The number of hydrogen-bond donors (Lipinski definition) is 2. The number of carboxylic acids is 1. The average Bonchev–Trinajstić information content (AvgIpc) is 3.09. The molecule has 2 heterocycles. The van der Waals surface area contributed by atoms with Gasteiger partial charge in [0, 0.05) is 11.1 Å². The lowest BCUT2D eigenvalue weighted by molar-refractivity contribution is -0.136. The molecular formula is C22H18FNO4. The number of carbonyl (C=O) groups excluding carboxylic acids is 1. The van der Waals surface area contributed by atoms with Gasteiger partial charge >= 0.3 is 5.97 Å². The van der Waals surface area contributed by atoms with Gasteiger partial charge in [0.1, 0.15) is 17.2 Å². The molecule has 0 saturated carbocycles. The Morgan fingerprint density at radius 2 is 1.89 bits per heavy atom. The van der Waals surface area contributed by atoms with E-state index in [9.17, 15) is 14.0 Å². The number of hydrogen-bond acceptors (Lipinski definition) is 3. The summed E-state index contributed by atoms with van der Waals surface area (Å²) in [6.07, 6.45) is 1.78. The number of carbonyl (C=O) groups is 2. The summed E-state index contributed by atoms with van der Waals surface area (Å²) in [6.45, 7) is 3.80. The minimum atomic E-state index is -0.883. The molecular weight excluding hydrogens is 361 g/mol. The normalized spacial score (nSPS) is 19.7. The molecule has 2 aromatic rings. The predicted molar refractivity (Wildman–Crippen MR) is 103 cm³/mol. The van der Waals surface area contributed by atoms with E-state index in [1.165, 1.54) is 12.1 Å². The molecule has 2 N–H and O–H groups in total. The molecule has 0 spiro atoms. The molecule has 4 rings (SSSR count). The standard InChI is InChI=1S/C22H18FNO4/c1-22(2)16(13-5-3-12(4-6-13)9-19(25)26)11-18(28-22)20-15-8-7-14(23)10-17(15)24-21(20)27/h3-8,10-11H,9H2,1-2H3,(H,24,27)(H,25,26)/b20-18+. The van der Waals surface area contributed by atoms with Gasteiger partial charge in [0.15, 0.2) is 0 Å². The zero-order valence-electron chi connectivity index (χ0n) is 15.4. The van der Waals surface area contributed by atoms with Crippen LogP contribution in [0.5, 0.6) is 0 Å². The summed E-state index contributed by atoms with van der Waals surface area (Å²) in [5.74, 6) is -1.21. The van der Waals surface area contributed by atoms with Crippen molar-refractivity contribution in [3.8, 4) is 0 Å². The molecule has 1 amide bonds. The smallest absolute Gasteiger partial charge is 0.307 e. The Balaban J connectivity index is 1.76. The van der Waals surface area contributed by atoms with Gasteiger partial charge in [0.25, 0.3) is 5.91 Å². The SMILES string of the molecule is CC1(C)O/C(=C2/C(=O)Nc3cc(F)ccc32)C=C1c1ccc(CC(=O)O)cc1. The lowest BCUT2D eigenvalue weighted by Crippen LogP contribution is -2.21. The first-order chi connectivity index (χ1) is 13.2. The van der Waals surface area contributed by atoms with Gasteiger partial charge in [-0.05, 0) is 49.2 Å². The fourth-order valence-electron chi connectivity index (χ4n) is 3.58. The second-order valence-corrected chi connectivity index (χ2v) is 7.32. The zero-order chi connectivity index (χ0) is 20.1. The number of allylic oxidation sites excluding steroid dienone is 1. The topological polar surface area (TPSA) is 75.6 Å². The summed E-state index contributed by atoms with van der Waals surface area (Å²) in [4.78, 5) is 23.3. The largest absolute Gasteiger partial charge is 0.482 e. The Morgan fingerprint density at radius 3 is 2.57 bits per heavy atom. The van der Waals surface area contributed by atoms with Crippen LogP contribution in [0.3, 0.4) is 0 Å². The zero-order valence-corrected chi connectivity index (χ0v) is 15.4. The van der Waals surface area contributed by atoms with Crippen molar-refractivity contribution in [1.82, 2.24) is 0 Å². The summed E-state index contributed by atoms with van der Waals surface area (Å²) < 4.78 is 19.6. The molecule has 0 atom stereocenters. The molecule has 5 nitrogen and oxygen atoms in total. The van der Waals surface area contributed by atoms with Crippen LogP contribution in [0.15, 0.2) is 54.3 Å². The summed E-state index contributed by atoms with van der Waals surface area (Å²) in [7, 11) is 0. The molecule has 0 aromatic heterocycles. The second-order valence-electron chi connectivity index (χ2n) is 7.32. The first kappa shape index (κ1) is 18.0. The predicted octanol–water partition coefficient (Wildman–Crippen LogP) is 4.01. The highest BCUT2D eigenvalue weighted by Crippen LogP contribution is 2.44. The highest BCUT2D eigenvalue weighted by molar-refractivity contribution is 6.32. The summed E-state index contributed by atoms with van der Waals surface area (Å²) in [6, 6.07) is 11.4. The van der Waals surface area contributed by atoms with Crippen LogP contribution in [0.25, 0.3) is 11.1 Å². The third-order valence-corrected chi connectivity index (χ3v) is 4.88. The van der Waals surface area contributed by atoms with E-state index in [1.54, 1.807) is 18.2 Å². The Bertz CT molecular complexity index is 1060. The van der Waals surface area contributed by atoms with Crippen molar-refractivity contribution in [2.45, 2.75) is 25.9 Å². The molecule has 2 aliphatic heterocycles. The van der Waals surface area contributed by atoms with Crippen LogP contribution in [0.2, 0.25) is 0 Å². The lowest BCUT2D eigenvalue weighted by atomic mass is 9.91. The maximum Gasteiger partial charge on any atom is 0.307 e. The van der Waals surface area contributed by atoms with E-state index < -0.39 is 17.4 Å². The van der Waals surface area contributed by atoms with Crippen molar-refractivity contribution in [3.05, 3.63) is 76.8 Å². The number of fused-ring (bicyclic) bond motifs is 1. The van der Waals surface area contributed by atoms with E-state index in [-0.39, 0.29) is 12.3 Å². The molecule has 6 heteroatoms. The van der Waals surface area contributed by atoms with E-state index >= 15 is 0 Å². The van der Waals surface area contributed by atoms with Crippen LogP contribution in [-0.4, -0.2) is 22.6 Å². The van der Waals surface area contributed by atoms with Crippen LogP contribution in [-0.2, 0) is 20.7 Å². The minimum absolute atomic E-state index is 0.0396. The average molecular weight is 379 g/mol. The lowest BCUT2D eigenvalue weighted by Gasteiger charge is -2.23. The number of amides is 1. The third-order valence-electron chi connectivity index (χ3n) is 4.88. The van der Waals surface area contributed by atoms with Crippen LogP contribution in [0.4, 0.5) is 10.1 Å². The number of benzene rings is 2. The van der Waals surface area contributed by atoms with Gasteiger partial charge in [-0.2, -0.15) is 0 Å². The molecule has 0 radical (unpaired) electrons. The summed E-state index contributed by atoms with van der Waals surface area (Å²) in [5, 5.41) is 11.6. The van der Waals surface area contributed by atoms with E-state index in [2.05, 4.69) is 5.32 Å². The number of ether oxygens (including phenoxy) is 1. The van der Waals surface area contributed by atoms with Gasteiger partial charge in [0.05, 0.1) is 17.7 Å². The van der Waals surface area contributed by atoms with Crippen molar-refractivity contribution in [2.75, 3.05) is 5.32 Å². The molecule has 28 heavy (non-hydrogen) atoms. The molecule has 0 unspecified atom stereocenters. The maximum absolute atomic E-state index is 13.5. The molecule has 2 aliphatic rings. The van der Waals surface area contributed by atoms with Crippen molar-refractivity contribution in [3.63, 3.8) is 0 Å². The molecule has 0 fully saturated rings. The van der Waals surface area contributed by atoms with Crippen LogP contribution < -0.4 is 5.32 Å². The van der Waals surface area contributed by atoms with Gasteiger partial charge in [-0.15, -0.1) is 0 Å². The Morgan fingerprint density at radius 1 is 1.18 bits per heavy atom. The van der Waals surface area contributed by atoms with Crippen molar-refractivity contribution < 1.29 is 23.8 Å². The monoisotopic (exact) mass is 379 g/mol. The minimum Gasteiger partial charge on any atom is -0.482 e. The number of aliphatic carboxylic acids is 1. The van der Waals surface area contributed by atoms with Gasteiger partial charge in [-0.3, -0.25) is 9.59 Å². The van der Waals surface area contributed by atoms with Gasteiger partial charge < -0.3 is 15.2 Å². The Kier molecular flexibility index (Phi) is 4.07. The molecule has 2 aromatic carbocycles. The Labute approximate surface area is 161 Å². The number of nitrogens with one attached hydrogen (secondary N) is 1. The first-order valence-corrected chi connectivity index (χ1v) is 8.82. The Hall–Kier alpha value is -3.41. The van der Waals surface area contributed by atoms with Gasteiger partial charge in [-0.1, -0.05) is 24.3 Å². The number of rotatable bonds is 3. The van der Waals surface area contributed by atoms with Crippen LogP contribution >= 0.6 is 0 Å². The maximum atomic E-state index is 13.5. The fraction of sp³-hybridized carbons (Fsp3) is 0.182. The fourth-order valence-corrected chi connectivity index (χ4v) is 3.58. The third kappa shape index (κ3) is 3.07. The highest BCUT2D eigenvalue weighted by Gasteiger charge is 2.37. The van der Waals surface area contributed by atoms with Crippen molar-refractivity contribution in [2.24, 2.45) is 0 Å². The quantitative estimate of drug-likeness (QED) is 0.790. The first-order valence-electron chi connectivity index (χ1n) is 8.82. The van der Waals surface area contributed by atoms with Crippen LogP contribution in [0.1, 0.15) is 30.5 Å². The highest BCUT2D eigenvalue weighted by atomic mass is 19.1. The molecule has 0 saturated heterocycles. The van der Waals surface area contributed by atoms with E-state index in [1.807, 2.05) is 32.1 Å². The van der Waals surface area contributed by atoms with E-state index in [0.29, 0.717) is 28.1 Å². The number of carboxylic acid groups (broad SMARTS) is 1. The molecule has 0 bridgehead atoms. The van der Waals surface area contributed by atoms with Crippen molar-refractivity contribution in [1.29, 1.82) is 0 Å². The van der Waals surface area contributed by atoms with Gasteiger partial charge in [-0.25, -0.2) is 4.39 Å². The summed E-state index contributed by atoms with van der Waals surface area (Å²) >= 11 is 0. The van der Waals surface area contributed by atoms with Crippen molar-refractivity contribution >= 4 is 28.7 Å². The second kappa shape index (κ2) is 6.34. The van der Waals surface area contributed by atoms with E-state index in [0.717, 1.165) is 11.1 Å². The van der Waals surface area contributed by atoms with Crippen LogP contribution in [0, 0.1) is 5.82 Å². The van der Waals surface area contributed by atoms with Gasteiger partial charge in [0.2, 0.25) is 0 Å². The number of halogens is 1. The molecule has 142 valence electrons. The molecule has 0 aliphatic carbocycles. The summed E-state index contributed by atoms with van der Waals surface area (Å²) in [5.41, 5.74) is 3.19. The van der Waals surface area contributed by atoms with E-state index in [4.69, 9.17) is 9.84 Å². The number of anilines is 1.